The van der Waals surface area contributed by atoms with E-state index >= 15 is 0 Å². The van der Waals surface area contributed by atoms with Crippen LogP contribution in [-0.4, -0.2) is 16.0 Å². The first-order chi connectivity index (χ1) is 10.3. The molecule has 3 heterocycles. The minimum Gasteiger partial charge on any atom is -0.309 e. The van der Waals surface area contributed by atoms with Gasteiger partial charge < -0.3 is 4.57 Å². The first-order valence-corrected chi connectivity index (χ1v) is 9.29. The highest BCUT2D eigenvalue weighted by Gasteiger charge is 2.27. The second-order valence-corrected chi connectivity index (χ2v) is 8.05. The Kier molecular flexibility index (Phi) is 3.67. The number of thiophene rings is 1. The van der Waals surface area contributed by atoms with Gasteiger partial charge in [-0.3, -0.25) is 4.90 Å². The van der Waals surface area contributed by atoms with Gasteiger partial charge in [0, 0.05) is 17.5 Å². The molecule has 0 spiro atoms. The molecule has 0 bridgehead atoms. The number of rotatable bonds is 3. The van der Waals surface area contributed by atoms with E-state index in [2.05, 4.69) is 51.2 Å². The lowest BCUT2D eigenvalue weighted by Gasteiger charge is -2.24. The number of benzene rings is 1. The van der Waals surface area contributed by atoms with Crippen LogP contribution < -0.4 is 0 Å². The number of fused-ring (bicyclic) bond motifs is 1. The molecule has 0 saturated carbocycles. The average molecular weight is 333 g/mol. The van der Waals surface area contributed by atoms with Gasteiger partial charge in [-0.2, -0.15) is 0 Å². The van der Waals surface area contributed by atoms with Crippen LogP contribution in [0.3, 0.4) is 0 Å². The van der Waals surface area contributed by atoms with E-state index in [0.29, 0.717) is 6.04 Å². The predicted molar refractivity (Wildman–Crippen MR) is 93.6 cm³/mol. The average Bonchev–Trinajstić information content (AvgIpc) is 3.20. The second kappa shape index (κ2) is 5.65. The molecule has 1 aliphatic rings. The maximum absolute atomic E-state index is 5.58. The lowest BCUT2D eigenvalue weighted by molar-refractivity contribution is 0.207. The Bertz CT molecular complexity index is 800. The van der Waals surface area contributed by atoms with Gasteiger partial charge in [-0.25, -0.2) is 0 Å². The fraction of sp³-hybridized carbons (Fsp3) is 0.312. The fourth-order valence-corrected chi connectivity index (χ4v) is 5.33. The molecule has 2 aromatic heterocycles. The lowest BCUT2D eigenvalue weighted by atomic mass is 10.2. The maximum atomic E-state index is 5.58. The molecule has 1 atom stereocenters. The molecule has 5 heteroatoms. The molecule has 3 aromatic rings. The van der Waals surface area contributed by atoms with Crippen molar-refractivity contribution in [2.75, 3.05) is 6.54 Å². The Morgan fingerprint density at radius 3 is 2.95 bits per heavy atom. The number of hydrogen-bond acceptors (Lipinski definition) is 4. The topological polar surface area (TPSA) is 8.17 Å². The molecule has 1 aliphatic heterocycles. The summed E-state index contributed by atoms with van der Waals surface area (Å²) in [5, 5.41) is 2.18. The number of nitrogens with zero attached hydrogens (tertiary/aromatic N) is 2. The van der Waals surface area contributed by atoms with Gasteiger partial charge in [-0.1, -0.05) is 18.2 Å². The fourth-order valence-electron chi connectivity index (χ4n) is 3.13. The van der Waals surface area contributed by atoms with Gasteiger partial charge in [0.2, 0.25) is 0 Å². The second-order valence-electron chi connectivity index (χ2n) is 5.39. The number of likely N-dealkylation sites (tertiary alicyclic amines) is 1. The Morgan fingerprint density at radius 2 is 2.10 bits per heavy atom. The quantitative estimate of drug-likeness (QED) is 0.602. The largest absolute Gasteiger partial charge is 0.309 e. The van der Waals surface area contributed by atoms with Crippen molar-refractivity contribution in [1.29, 1.82) is 0 Å². The predicted octanol–water partition coefficient (Wildman–Crippen LogP) is 5.29. The highest BCUT2D eigenvalue weighted by molar-refractivity contribution is 7.73. The standard InChI is InChI=1S/C16H16N2S3/c19-16-18(13-5-1-2-7-15(13)21-16)11-17-9-3-6-12(17)14-8-4-10-20-14/h1-2,4-5,7-8,10,12H,3,6,9,11H2/t12-/m0/s1. The van der Waals surface area contributed by atoms with Crippen LogP contribution in [-0.2, 0) is 6.67 Å². The van der Waals surface area contributed by atoms with E-state index in [1.54, 1.807) is 11.3 Å². The van der Waals surface area contributed by atoms with Gasteiger partial charge in [0.1, 0.15) is 0 Å². The molecule has 2 nitrogen and oxygen atoms in total. The van der Waals surface area contributed by atoms with Crippen LogP contribution in [0.2, 0.25) is 0 Å². The van der Waals surface area contributed by atoms with Gasteiger partial charge in [-0.05, 0) is 48.6 Å². The summed E-state index contributed by atoms with van der Waals surface area (Å²) in [5.74, 6) is 0. The van der Waals surface area contributed by atoms with Gasteiger partial charge in [-0.15, -0.1) is 22.7 Å². The van der Waals surface area contributed by atoms with Crippen LogP contribution in [0.5, 0.6) is 0 Å². The third-order valence-electron chi connectivity index (χ3n) is 4.13. The van der Waals surface area contributed by atoms with Gasteiger partial charge >= 0.3 is 0 Å². The van der Waals surface area contributed by atoms with Crippen LogP contribution in [0, 0.1) is 3.95 Å². The van der Waals surface area contributed by atoms with E-state index < -0.39 is 0 Å². The lowest BCUT2D eigenvalue weighted by Crippen LogP contribution is -2.25. The normalized spacial score (nSPS) is 19.5. The molecule has 0 N–H and O–H groups in total. The molecule has 0 radical (unpaired) electrons. The maximum Gasteiger partial charge on any atom is 0.163 e. The summed E-state index contributed by atoms with van der Waals surface area (Å²) in [5.41, 5.74) is 1.27. The molecular formula is C16H16N2S3. The van der Waals surface area contributed by atoms with Crippen molar-refractivity contribution in [2.45, 2.75) is 25.6 Å². The minimum absolute atomic E-state index is 0.561. The van der Waals surface area contributed by atoms with Gasteiger partial charge in [0.15, 0.2) is 3.95 Å². The molecule has 1 fully saturated rings. The van der Waals surface area contributed by atoms with Crippen LogP contribution in [0.15, 0.2) is 41.8 Å². The molecule has 1 aromatic carbocycles. The van der Waals surface area contributed by atoms with Crippen LogP contribution in [0.25, 0.3) is 10.2 Å². The van der Waals surface area contributed by atoms with E-state index in [0.717, 1.165) is 17.2 Å². The highest BCUT2D eigenvalue weighted by Crippen LogP contribution is 2.35. The van der Waals surface area contributed by atoms with E-state index in [9.17, 15) is 0 Å². The van der Waals surface area contributed by atoms with Crippen molar-refractivity contribution in [1.82, 2.24) is 9.47 Å². The summed E-state index contributed by atoms with van der Waals surface area (Å²) < 4.78 is 4.56. The van der Waals surface area contributed by atoms with Gasteiger partial charge in [0.25, 0.3) is 0 Å². The van der Waals surface area contributed by atoms with E-state index in [4.69, 9.17) is 12.2 Å². The summed E-state index contributed by atoms with van der Waals surface area (Å²) in [4.78, 5) is 4.06. The summed E-state index contributed by atoms with van der Waals surface area (Å²) in [6.07, 6.45) is 2.54. The zero-order valence-corrected chi connectivity index (χ0v) is 14.0. The van der Waals surface area contributed by atoms with E-state index in [-0.39, 0.29) is 0 Å². The smallest absolute Gasteiger partial charge is 0.163 e. The first kappa shape index (κ1) is 13.6. The number of para-hydroxylation sites is 1. The van der Waals surface area contributed by atoms with Crippen molar-refractivity contribution in [2.24, 2.45) is 0 Å². The molecule has 108 valence electrons. The Morgan fingerprint density at radius 1 is 1.19 bits per heavy atom. The van der Waals surface area contributed by atoms with Crippen LogP contribution in [0.1, 0.15) is 23.8 Å². The van der Waals surface area contributed by atoms with E-state index in [1.807, 2.05) is 11.3 Å². The molecule has 0 amide bonds. The molecule has 21 heavy (non-hydrogen) atoms. The zero-order chi connectivity index (χ0) is 14.2. The monoisotopic (exact) mass is 332 g/mol. The number of hydrogen-bond donors (Lipinski definition) is 0. The Hall–Kier alpha value is -1.01. The molecule has 0 aliphatic carbocycles. The molecule has 4 rings (SSSR count). The Labute approximate surface area is 137 Å². The van der Waals surface area contributed by atoms with Gasteiger partial charge in [0.05, 0.1) is 16.9 Å². The van der Waals surface area contributed by atoms with Crippen molar-refractivity contribution in [3.63, 3.8) is 0 Å². The molecular weight excluding hydrogens is 316 g/mol. The zero-order valence-electron chi connectivity index (χ0n) is 11.6. The van der Waals surface area contributed by atoms with Crippen molar-refractivity contribution >= 4 is 45.1 Å². The molecule has 0 unspecified atom stereocenters. The van der Waals surface area contributed by atoms with Crippen LogP contribution in [0.4, 0.5) is 0 Å². The summed E-state index contributed by atoms with van der Waals surface area (Å²) in [6, 6.07) is 13.5. The van der Waals surface area contributed by atoms with E-state index in [1.165, 1.54) is 27.9 Å². The number of aromatic nitrogens is 1. The highest BCUT2D eigenvalue weighted by atomic mass is 32.1. The third kappa shape index (κ3) is 2.48. The van der Waals surface area contributed by atoms with Crippen molar-refractivity contribution in [3.8, 4) is 0 Å². The SMILES string of the molecule is S=c1sc2ccccc2n1CN1CCC[C@H]1c1cccs1. The summed E-state index contributed by atoms with van der Waals surface area (Å²) >= 11 is 9.17. The van der Waals surface area contributed by atoms with Crippen LogP contribution >= 0.6 is 34.9 Å². The van der Waals surface area contributed by atoms with Crippen molar-refractivity contribution in [3.05, 3.63) is 50.6 Å². The summed E-state index contributed by atoms with van der Waals surface area (Å²) in [7, 11) is 0. The minimum atomic E-state index is 0.561. The Balaban J connectivity index is 1.68. The number of thiazole rings is 1. The molecule has 1 saturated heterocycles. The first-order valence-electron chi connectivity index (χ1n) is 7.19. The van der Waals surface area contributed by atoms with Crippen molar-refractivity contribution < 1.29 is 0 Å². The third-order valence-corrected chi connectivity index (χ3v) is 6.54. The summed E-state index contributed by atoms with van der Waals surface area (Å²) in [6.45, 7) is 2.07.